The summed E-state index contributed by atoms with van der Waals surface area (Å²) >= 11 is 0. The minimum Gasteiger partial charge on any atom is -0.310 e. The molecular weight excluding hydrogens is 158 g/mol. The van der Waals surface area contributed by atoms with E-state index in [-0.39, 0.29) is 0 Å². The van der Waals surface area contributed by atoms with Crippen molar-refractivity contribution in [2.75, 3.05) is 6.54 Å². The molecule has 1 N–H and O–H groups in total. The Morgan fingerprint density at radius 2 is 1.92 bits per heavy atom. The fourth-order valence-corrected chi connectivity index (χ4v) is 2.05. The lowest BCUT2D eigenvalue weighted by molar-refractivity contribution is 0.503. The van der Waals surface area contributed by atoms with Crippen LogP contribution in [0, 0.1) is 12.8 Å². The van der Waals surface area contributed by atoms with E-state index >= 15 is 0 Å². The van der Waals surface area contributed by atoms with E-state index in [4.69, 9.17) is 0 Å². The summed E-state index contributed by atoms with van der Waals surface area (Å²) in [5, 5.41) is 3.54. The molecule has 1 heteroatoms. The lowest BCUT2D eigenvalue weighted by Crippen LogP contribution is -2.16. The van der Waals surface area contributed by atoms with E-state index < -0.39 is 0 Å². The van der Waals surface area contributed by atoms with Crippen molar-refractivity contribution in [1.29, 1.82) is 0 Å². The summed E-state index contributed by atoms with van der Waals surface area (Å²) in [7, 11) is 0. The van der Waals surface area contributed by atoms with Gasteiger partial charge < -0.3 is 5.32 Å². The molecule has 1 aromatic rings. The van der Waals surface area contributed by atoms with Gasteiger partial charge in [-0.25, -0.2) is 0 Å². The van der Waals surface area contributed by atoms with Gasteiger partial charge in [-0.05, 0) is 31.4 Å². The van der Waals surface area contributed by atoms with Crippen molar-refractivity contribution in [3.05, 3.63) is 35.4 Å². The van der Waals surface area contributed by atoms with Crippen LogP contribution in [0.1, 0.15) is 30.5 Å². The summed E-state index contributed by atoms with van der Waals surface area (Å²) in [6.07, 6.45) is 1.30. The Morgan fingerprint density at radius 3 is 2.46 bits per heavy atom. The molecule has 1 nitrogen and oxygen atoms in total. The zero-order valence-electron chi connectivity index (χ0n) is 8.38. The minimum atomic E-state index is 0.584. The van der Waals surface area contributed by atoms with Gasteiger partial charge in [-0.3, -0.25) is 0 Å². The number of hydrogen-bond donors (Lipinski definition) is 1. The van der Waals surface area contributed by atoms with Gasteiger partial charge in [0.2, 0.25) is 0 Å². The van der Waals surface area contributed by atoms with Gasteiger partial charge in [-0.2, -0.15) is 0 Å². The van der Waals surface area contributed by atoms with Gasteiger partial charge in [0.05, 0.1) is 0 Å². The third-order valence-corrected chi connectivity index (χ3v) is 2.97. The van der Waals surface area contributed by atoms with Crippen molar-refractivity contribution in [2.45, 2.75) is 26.3 Å². The van der Waals surface area contributed by atoms with E-state index in [9.17, 15) is 0 Å². The van der Waals surface area contributed by atoms with Crippen LogP contribution in [0.25, 0.3) is 0 Å². The Bertz CT molecular complexity index is 276. The fraction of sp³-hybridized carbons (Fsp3) is 0.500. The first-order valence-corrected chi connectivity index (χ1v) is 5.07. The summed E-state index contributed by atoms with van der Waals surface area (Å²) in [5.74, 6) is 0.780. The lowest BCUT2D eigenvalue weighted by atomic mass is 9.95. The normalized spacial score (nSPS) is 27.8. The van der Waals surface area contributed by atoms with Crippen LogP contribution in [0.4, 0.5) is 0 Å². The predicted molar refractivity (Wildman–Crippen MR) is 55.7 cm³/mol. The molecule has 0 radical (unpaired) electrons. The maximum absolute atomic E-state index is 3.54. The highest BCUT2D eigenvalue weighted by Gasteiger charge is 2.23. The first kappa shape index (κ1) is 8.76. The lowest BCUT2D eigenvalue weighted by Gasteiger charge is -2.15. The van der Waals surface area contributed by atoms with Crippen LogP contribution in [0.5, 0.6) is 0 Å². The van der Waals surface area contributed by atoms with E-state index in [2.05, 4.69) is 43.4 Å². The van der Waals surface area contributed by atoms with Crippen LogP contribution in [0.15, 0.2) is 24.3 Å². The number of nitrogens with one attached hydrogen (secondary N) is 1. The first-order valence-electron chi connectivity index (χ1n) is 5.07. The Balaban J connectivity index is 2.20. The molecule has 2 rings (SSSR count). The molecule has 1 aliphatic heterocycles. The van der Waals surface area contributed by atoms with Crippen molar-refractivity contribution in [2.24, 2.45) is 5.92 Å². The molecule has 0 aromatic heterocycles. The molecule has 13 heavy (non-hydrogen) atoms. The molecule has 1 heterocycles. The van der Waals surface area contributed by atoms with Crippen molar-refractivity contribution in [1.82, 2.24) is 5.32 Å². The molecule has 2 atom stereocenters. The summed E-state index contributed by atoms with van der Waals surface area (Å²) in [6.45, 7) is 5.62. The average molecular weight is 175 g/mol. The standard InChI is InChI=1S/C12H17N/c1-9-3-5-11(6-4-9)12-10(2)7-8-13-12/h3-6,10,12-13H,7-8H2,1-2H3/t10-,12-/m0/s1. The molecule has 0 saturated carbocycles. The van der Waals surface area contributed by atoms with Gasteiger partial charge in [0.25, 0.3) is 0 Å². The summed E-state index contributed by atoms with van der Waals surface area (Å²) < 4.78 is 0. The topological polar surface area (TPSA) is 12.0 Å². The van der Waals surface area contributed by atoms with Gasteiger partial charge in [0, 0.05) is 6.04 Å². The maximum Gasteiger partial charge on any atom is 0.0346 e. The molecule has 0 bridgehead atoms. The highest BCUT2D eigenvalue weighted by Crippen LogP contribution is 2.28. The monoisotopic (exact) mass is 175 g/mol. The molecule has 1 saturated heterocycles. The van der Waals surface area contributed by atoms with Gasteiger partial charge in [-0.15, -0.1) is 0 Å². The summed E-state index contributed by atoms with van der Waals surface area (Å²) in [5.41, 5.74) is 2.78. The second-order valence-electron chi connectivity index (χ2n) is 4.11. The molecule has 0 unspecified atom stereocenters. The third kappa shape index (κ3) is 1.75. The van der Waals surface area contributed by atoms with Crippen LogP contribution in [-0.2, 0) is 0 Å². The van der Waals surface area contributed by atoms with Gasteiger partial charge in [-0.1, -0.05) is 36.8 Å². The highest BCUT2D eigenvalue weighted by molar-refractivity contribution is 5.25. The van der Waals surface area contributed by atoms with Crippen molar-refractivity contribution < 1.29 is 0 Å². The third-order valence-electron chi connectivity index (χ3n) is 2.97. The Kier molecular flexibility index (Phi) is 2.36. The van der Waals surface area contributed by atoms with Gasteiger partial charge >= 0.3 is 0 Å². The average Bonchev–Trinajstić information content (AvgIpc) is 2.53. The van der Waals surface area contributed by atoms with Crippen LogP contribution < -0.4 is 5.32 Å². The quantitative estimate of drug-likeness (QED) is 0.692. The minimum absolute atomic E-state index is 0.584. The van der Waals surface area contributed by atoms with Gasteiger partial charge in [0.15, 0.2) is 0 Å². The first-order chi connectivity index (χ1) is 6.27. The Labute approximate surface area is 80.2 Å². The number of hydrogen-bond acceptors (Lipinski definition) is 1. The highest BCUT2D eigenvalue weighted by atomic mass is 14.9. The van der Waals surface area contributed by atoms with E-state index in [1.807, 2.05) is 0 Å². The second-order valence-corrected chi connectivity index (χ2v) is 4.11. The van der Waals surface area contributed by atoms with Gasteiger partial charge in [0.1, 0.15) is 0 Å². The predicted octanol–water partition coefficient (Wildman–Crippen LogP) is 2.67. The van der Waals surface area contributed by atoms with E-state index in [0.29, 0.717) is 6.04 Å². The van der Waals surface area contributed by atoms with E-state index in [1.54, 1.807) is 0 Å². The SMILES string of the molecule is Cc1ccc([C@H]2NCC[C@@H]2C)cc1. The van der Waals surface area contributed by atoms with E-state index in [1.165, 1.54) is 24.1 Å². The van der Waals surface area contributed by atoms with Crippen molar-refractivity contribution >= 4 is 0 Å². The van der Waals surface area contributed by atoms with Crippen LogP contribution in [0.3, 0.4) is 0 Å². The summed E-state index contributed by atoms with van der Waals surface area (Å²) in [6, 6.07) is 9.47. The molecule has 1 fully saturated rings. The largest absolute Gasteiger partial charge is 0.310 e. The number of aryl methyl sites for hydroxylation is 1. The molecule has 1 aliphatic rings. The number of benzene rings is 1. The molecular formula is C12H17N. The Hall–Kier alpha value is -0.820. The van der Waals surface area contributed by atoms with Crippen molar-refractivity contribution in [3.8, 4) is 0 Å². The number of rotatable bonds is 1. The van der Waals surface area contributed by atoms with Crippen LogP contribution in [-0.4, -0.2) is 6.54 Å². The summed E-state index contributed by atoms with van der Waals surface area (Å²) in [4.78, 5) is 0. The van der Waals surface area contributed by atoms with Crippen LogP contribution >= 0.6 is 0 Å². The zero-order valence-corrected chi connectivity index (χ0v) is 8.38. The molecule has 70 valence electrons. The maximum atomic E-state index is 3.54. The smallest absolute Gasteiger partial charge is 0.0346 e. The Morgan fingerprint density at radius 1 is 1.23 bits per heavy atom. The van der Waals surface area contributed by atoms with Crippen molar-refractivity contribution in [3.63, 3.8) is 0 Å². The van der Waals surface area contributed by atoms with Crippen LogP contribution in [0.2, 0.25) is 0 Å². The molecule has 0 aliphatic carbocycles. The molecule has 0 amide bonds. The molecule has 0 spiro atoms. The molecule has 1 aromatic carbocycles. The zero-order chi connectivity index (χ0) is 9.26. The second kappa shape index (κ2) is 3.51. The van der Waals surface area contributed by atoms with E-state index in [0.717, 1.165) is 5.92 Å². The fourth-order valence-electron chi connectivity index (χ4n) is 2.05.